The predicted molar refractivity (Wildman–Crippen MR) is 114 cm³/mol. The summed E-state index contributed by atoms with van der Waals surface area (Å²) < 4.78 is 33.1. The lowest BCUT2D eigenvalue weighted by Gasteiger charge is -2.25. The summed E-state index contributed by atoms with van der Waals surface area (Å²) in [4.78, 5) is 18.9. The lowest BCUT2D eigenvalue weighted by Crippen LogP contribution is -2.35. The van der Waals surface area contributed by atoms with E-state index >= 15 is 0 Å². The SMILES string of the molecule is COCCn1c(CN(CC(C)C)C(=O)C2CC2)cnc1S(=O)(=O)Cc1ccccc1. The van der Waals surface area contributed by atoms with Crippen molar-refractivity contribution in [3.8, 4) is 0 Å². The van der Waals surface area contributed by atoms with Crippen LogP contribution in [-0.4, -0.2) is 49.0 Å². The average molecular weight is 434 g/mol. The van der Waals surface area contributed by atoms with Crippen LogP contribution in [0.5, 0.6) is 0 Å². The molecule has 1 aromatic carbocycles. The van der Waals surface area contributed by atoms with Crippen molar-refractivity contribution in [1.29, 1.82) is 0 Å². The molecule has 0 radical (unpaired) electrons. The van der Waals surface area contributed by atoms with Gasteiger partial charge in [-0.2, -0.15) is 0 Å². The van der Waals surface area contributed by atoms with E-state index in [1.165, 1.54) is 0 Å². The quantitative estimate of drug-likeness (QED) is 0.544. The highest BCUT2D eigenvalue weighted by atomic mass is 32.2. The first-order valence-electron chi connectivity index (χ1n) is 10.4. The molecular weight excluding hydrogens is 402 g/mol. The molecule has 1 heterocycles. The van der Waals surface area contributed by atoms with Gasteiger partial charge in [0, 0.05) is 26.1 Å². The van der Waals surface area contributed by atoms with Gasteiger partial charge in [-0.05, 0) is 24.3 Å². The van der Waals surface area contributed by atoms with Crippen LogP contribution < -0.4 is 0 Å². The Bertz CT molecular complexity index is 950. The number of benzene rings is 1. The maximum Gasteiger partial charge on any atom is 0.228 e. The fourth-order valence-electron chi connectivity index (χ4n) is 3.50. The minimum absolute atomic E-state index is 0.0294. The molecule has 0 spiro atoms. The lowest BCUT2D eigenvalue weighted by molar-refractivity contribution is -0.133. The van der Waals surface area contributed by atoms with E-state index in [1.807, 2.05) is 23.1 Å². The summed E-state index contributed by atoms with van der Waals surface area (Å²) in [5.74, 6) is 0.468. The zero-order valence-electron chi connectivity index (χ0n) is 18.0. The molecule has 0 aliphatic heterocycles. The van der Waals surface area contributed by atoms with Crippen LogP contribution in [0.3, 0.4) is 0 Å². The molecule has 7 nitrogen and oxygen atoms in total. The number of hydrogen-bond donors (Lipinski definition) is 0. The van der Waals surface area contributed by atoms with Gasteiger partial charge in [0.15, 0.2) is 0 Å². The van der Waals surface area contributed by atoms with Crippen molar-refractivity contribution in [2.75, 3.05) is 20.3 Å². The van der Waals surface area contributed by atoms with Crippen LogP contribution in [0.1, 0.15) is 37.9 Å². The van der Waals surface area contributed by atoms with Crippen LogP contribution in [0.4, 0.5) is 0 Å². The first-order chi connectivity index (χ1) is 14.3. The van der Waals surface area contributed by atoms with Gasteiger partial charge >= 0.3 is 0 Å². The van der Waals surface area contributed by atoms with Gasteiger partial charge in [0.05, 0.1) is 30.8 Å². The number of carbonyl (C=O) groups excluding carboxylic acids is 1. The number of sulfone groups is 1. The van der Waals surface area contributed by atoms with Crippen molar-refractivity contribution in [2.24, 2.45) is 11.8 Å². The first kappa shape index (κ1) is 22.5. The number of rotatable bonds is 11. The average Bonchev–Trinajstić information content (AvgIpc) is 3.46. The Morgan fingerprint density at radius 3 is 2.57 bits per heavy atom. The Labute approximate surface area is 179 Å². The van der Waals surface area contributed by atoms with E-state index in [4.69, 9.17) is 4.74 Å². The second kappa shape index (κ2) is 9.75. The molecule has 0 unspecified atom stereocenters. The zero-order chi connectivity index (χ0) is 21.7. The molecule has 8 heteroatoms. The van der Waals surface area contributed by atoms with Crippen molar-refractivity contribution in [3.05, 3.63) is 47.8 Å². The van der Waals surface area contributed by atoms with E-state index < -0.39 is 9.84 Å². The van der Waals surface area contributed by atoms with Gasteiger partial charge < -0.3 is 14.2 Å². The molecule has 1 aromatic heterocycles. The minimum Gasteiger partial charge on any atom is -0.383 e. The Morgan fingerprint density at radius 1 is 1.27 bits per heavy atom. The Hall–Kier alpha value is -2.19. The van der Waals surface area contributed by atoms with E-state index in [1.54, 1.807) is 30.0 Å². The van der Waals surface area contributed by atoms with Gasteiger partial charge in [-0.3, -0.25) is 4.79 Å². The van der Waals surface area contributed by atoms with Crippen LogP contribution in [0.15, 0.2) is 41.7 Å². The predicted octanol–water partition coefficient (Wildman–Crippen LogP) is 2.90. The monoisotopic (exact) mass is 433 g/mol. The number of nitrogens with zero attached hydrogens (tertiary/aromatic N) is 3. The highest BCUT2D eigenvalue weighted by Gasteiger charge is 2.34. The molecule has 1 fully saturated rings. The summed E-state index contributed by atoms with van der Waals surface area (Å²) in [7, 11) is -2.06. The second-order valence-corrected chi connectivity index (χ2v) is 10.2. The number of imidazole rings is 1. The van der Waals surface area contributed by atoms with Crippen LogP contribution in [0, 0.1) is 11.8 Å². The van der Waals surface area contributed by atoms with E-state index in [9.17, 15) is 13.2 Å². The van der Waals surface area contributed by atoms with Crippen LogP contribution in [0.25, 0.3) is 0 Å². The lowest BCUT2D eigenvalue weighted by atomic mass is 10.2. The molecule has 0 atom stereocenters. The topological polar surface area (TPSA) is 81.5 Å². The molecule has 1 amide bonds. The molecule has 1 saturated carbocycles. The van der Waals surface area contributed by atoms with Gasteiger partial charge in [0.1, 0.15) is 0 Å². The molecule has 2 aromatic rings. The van der Waals surface area contributed by atoms with Gasteiger partial charge in [0.25, 0.3) is 0 Å². The number of carbonyl (C=O) groups is 1. The maximum atomic E-state index is 13.1. The molecule has 3 rings (SSSR count). The summed E-state index contributed by atoms with van der Waals surface area (Å²) in [5, 5.41) is 0.0294. The summed E-state index contributed by atoms with van der Waals surface area (Å²) >= 11 is 0. The summed E-state index contributed by atoms with van der Waals surface area (Å²) in [6.45, 7) is 5.86. The summed E-state index contributed by atoms with van der Waals surface area (Å²) in [6.07, 6.45) is 3.46. The molecule has 1 aliphatic carbocycles. The van der Waals surface area contributed by atoms with Crippen molar-refractivity contribution in [1.82, 2.24) is 14.5 Å². The van der Waals surface area contributed by atoms with E-state index in [0.717, 1.165) is 12.8 Å². The van der Waals surface area contributed by atoms with E-state index in [2.05, 4.69) is 18.8 Å². The van der Waals surface area contributed by atoms with Crippen LogP contribution in [0.2, 0.25) is 0 Å². The van der Waals surface area contributed by atoms with Crippen LogP contribution >= 0.6 is 0 Å². The molecule has 0 bridgehead atoms. The number of aromatic nitrogens is 2. The summed E-state index contributed by atoms with van der Waals surface area (Å²) in [6, 6.07) is 9.08. The fraction of sp³-hybridized carbons (Fsp3) is 0.545. The number of ether oxygens (including phenoxy) is 1. The third-order valence-electron chi connectivity index (χ3n) is 5.07. The third-order valence-corrected chi connectivity index (χ3v) is 6.67. The normalized spacial score (nSPS) is 14.3. The molecule has 1 aliphatic rings. The van der Waals surface area contributed by atoms with Gasteiger partial charge in [-0.25, -0.2) is 13.4 Å². The molecule has 164 valence electrons. The van der Waals surface area contributed by atoms with Crippen LogP contribution in [-0.2, 0) is 38.2 Å². The Morgan fingerprint density at radius 2 is 1.97 bits per heavy atom. The van der Waals surface area contributed by atoms with Crippen molar-refractivity contribution >= 4 is 15.7 Å². The van der Waals surface area contributed by atoms with Crippen molar-refractivity contribution < 1.29 is 17.9 Å². The molecule has 30 heavy (non-hydrogen) atoms. The highest BCUT2D eigenvalue weighted by molar-refractivity contribution is 7.90. The largest absolute Gasteiger partial charge is 0.383 e. The van der Waals surface area contributed by atoms with E-state index in [0.29, 0.717) is 43.4 Å². The molecule has 0 N–H and O–H groups in total. The number of methoxy groups -OCH3 is 1. The number of hydrogen-bond acceptors (Lipinski definition) is 5. The van der Waals surface area contributed by atoms with Gasteiger partial charge in [-0.15, -0.1) is 0 Å². The maximum absolute atomic E-state index is 13.1. The van der Waals surface area contributed by atoms with E-state index in [-0.39, 0.29) is 22.7 Å². The highest BCUT2D eigenvalue weighted by Crippen LogP contribution is 2.32. The number of amides is 1. The van der Waals surface area contributed by atoms with Crippen molar-refractivity contribution in [2.45, 2.75) is 50.7 Å². The summed E-state index contributed by atoms with van der Waals surface area (Å²) in [5.41, 5.74) is 1.43. The van der Waals surface area contributed by atoms with Crippen molar-refractivity contribution in [3.63, 3.8) is 0 Å². The second-order valence-electron chi connectivity index (χ2n) is 8.31. The Kier molecular flexibility index (Phi) is 7.31. The standard InChI is InChI=1S/C22H31N3O4S/c1-17(2)14-24(21(26)19-9-10-19)15-20-13-23-22(25(20)11-12-29-3)30(27,28)16-18-7-5-4-6-8-18/h4-8,13,17,19H,9-12,14-16H2,1-3H3. The van der Waals surface area contributed by atoms with Gasteiger partial charge in [0.2, 0.25) is 20.9 Å². The minimum atomic E-state index is -3.64. The van der Waals surface area contributed by atoms with Gasteiger partial charge in [-0.1, -0.05) is 44.2 Å². The first-order valence-corrected chi connectivity index (χ1v) is 12.1. The fourth-order valence-corrected chi connectivity index (χ4v) is 5.02. The third kappa shape index (κ3) is 5.70. The smallest absolute Gasteiger partial charge is 0.228 e. The molecule has 0 saturated heterocycles. The zero-order valence-corrected chi connectivity index (χ0v) is 18.8. The molecular formula is C22H31N3O4S. The Balaban J connectivity index is 1.89.